The first-order chi connectivity index (χ1) is 17.2. The van der Waals surface area contributed by atoms with Crippen LogP contribution >= 0.6 is 0 Å². The third-order valence-corrected chi connectivity index (χ3v) is 5.42. The molecule has 5 N–H and O–H groups in total. The third kappa shape index (κ3) is 9.98. The van der Waals surface area contributed by atoms with Gasteiger partial charge in [-0.25, -0.2) is 14.4 Å². The molecule has 1 aromatic rings. The third-order valence-electron chi connectivity index (χ3n) is 5.42. The van der Waals surface area contributed by atoms with E-state index in [9.17, 15) is 24.0 Å². The van der Waals surface area contributed by atoms with E-state index in [-0.39, 0.29) is 31.0 Å². The van der Waals surface area contributed by atoms with Crippen molar-refractivity contribution in [3.63, 3.8) is 0 Å². The van der Waals surface area contributed by atoms with Crippen LogP contribution in [0.15, 0.2) is 24.3 Å². The van der Waals surface area contributed by atoms with Gasteiger partial charge in [-0.1, -0.05) is 12.1 Å². The summed E-state index contributed by atoms with van der Waals surface area (Å²) in [4.78, 5) is 59.2. The van der Waals surface area contributed by atoms with E-state index in [0.717, 1.165) is 26.1 Å². The number of Topliss-reactive ketones (excluding diaryl/α,β-unsaturated/α-hetero) is 1. The molecule has 36 heavy (non-hydrogen) atoms. The molecule has 13 heteroatoms. The fourth-order valence-electron chi connectivity index (χ4n) is 3.47. The molecule has 0 bridgehead atoms. The van der Waals surface area contributed by atoms with E-state index >= 15 is 0 Å². The van der Waals surface area contributed by atoms with Crippen LogP contribution in [0.25, 0.3) is 0 Å². The molecule has 1 amide bonds. The van der Waals surface area contributed by atoms with E-state index < -0.39 is 35.8 Å². The summed E-state index contributed by atoms with van der Waals surface area (Å²) in [5, 5.41) is 32.4. The van der Waals surface area contributed by atoms with Gasteiger partial charge in [0.1, 0.15) is 5.75 Å². The monoisotopic (exact) mass is 509 g/mol. The number of ketones is 1. The Balaban J connectivity index is 1.94. The highest BCUT2D eigenvalue weighted by molar-refractivity contribution is 6.32. The van der Waals surface area contributed by atoms with Gasteiger partial charge in [-0.3, -0.25) is 14.5 Å². The normalized spacial score (nSPS) is 14.7. The molecule has 0 aliphatic carbocycles. The number of carbonyl (C=O) groups is 5. The van der Waals surface area contributed by atoms with Gasteiger partial charge >= 0.3 is 17.9 Å². The number of carboxylic acid groups (broad SMARTS) is 3. The standard InChI is InChI=1S/C23H31N3O10/c27-18(21(29)30)6-8-24-17(20(28)25-7-1-9-26-10-12-35-13-11-26)14-15-2-4-16(5-3-15)36-19(22(31)32)23(33)34/h2-5,17,19,24H,1,6-14H2,(H,25,28)(H,29,30)(H,31,32)(H,33,34). The minimum Gasteiger partial charge on any atom is -0.478 e. The van der Waals surface area contributed by atoms with Gasteiger partial charge in [0.15, 0.2) is 0 Å². The summed E-state index contributed by atoms with van der Waals surface area (Å²) in [6.45, 7) is 4.28. The molecule has 0 aromatic heterocycles. The van der Waals surface area contributed by atoms with Crippen LogP contribution in [0.2, 0.25) is 0 Å². The average molecular weight is 510 g/mol. The number of hydrogen-bond acceptors (Lipinski definition) is 9. The number of morpholine rings is 1. The molecule has 1 aromatic carbocycles. The maximum atomic E-state index is 12.8. The number of benzene rings is 1. The van der Waals surface area contributed by atoms with Crippen LogP contribution in [-0.4, -0.2) is 108 Å². The van der Waals surface area contributed by atoms with E-state index in [0.29, 0.717) is 25.3 Å². The van der Waals surface area contributed by atoms with Crippen molar-refractivity contribution in [2.75, 3.05) is 45.9 Å². The second-order valence-corrected chi connectivity index (χ2v) is 8.11. The van der Waals surface area contributed by atoms with Crippen LogP contribution in [0.5, 0.6) is 5.75 Å². The Labute approximate surface area is 207 Å². The number of nitrogens with zero attached hydrogens (tertiary/aromatic N) is 1. The number of carboxylic acids is 3. The Morgan fingerprint density at radius 2 is 1.61 bits per heavy atom. The Morgan fingerprint density at radius 3 is 2.19 bits per heavy atom. The van der Waals surface area contributed by atoms with E-state index in [1.54, 1.807) is 12.1 Å². The van der Waals surface area contributed by atoms with Gasteiger partial charge in [0.25, 0.3) is 6.10 Å². The summed E-state index contributed by atoms with van der Waals surface area (Å²) in [7, 11) is 0. The minimum atomic E-state index is -2.06. The van der Waals surface area contributed by atoms with Crippen molar-refractivity contribution in [3.05, 3.63) is 29.8 Å². The lowest BCUT2D eigenvalue weighted by Crippen LogP contribution is -2.47. The molecular formula is C23H31N3O10. The van der Waals surface area contributed by atoms with Crippen LogP contribution in [0.3, 0.4) is 0 Å². The summed E-state index contributed by atoms with van der Waals surface area (Å²) in [6, 6.07) is 5.11. The molecular weight excluding hydrogens is 478 g/mol. The lowest BCUT2D eigenvalue weighted by atomic mass is 10.0. The van der Waals surface area contributed by atoms with E-state index in [4.69, 9.17) is 24.8 Å². The molecule has 13 nitrogen and oxygen atoms in total. The van der Waals surface area contributed by atoms with Crippen molar-refractivity contribution in [1.29, 1.82) is 0 Å². The Hall–Kier alpha value is -3.55. The Kier molecular flexibility index (Phi) is 11.8. The first-order valence-corrected chi connectivity index (χ1v) is 11.5. The number of hydrogen-bond donors (Lipinski definition) is 5. The van der Waals surface area contributed by atoms with Crippen molar-refractivity contribution in [3.8, 4) is 5.75 Å². The van der Waals surface area contributed by atoms with Gasteiger partial charge < -0.3 is 35.4 Å². The fourth-order valence-corrected chi connectivity index (χ4v) is 3.47. The number of rotatable bonds is 16. The van der Waals surface area contributed by atoms with Crippen LogP contribution in [0, 0.1) is 0 Å². The molecule has 2 rings (SSSR count). The molecule has 1 heterocycles. The molecule has 1 saturated heterocycles. The molecule has 0 spiro atoms. The van der Waals surface area contributed by atoms with Crippen molar-refractivity contribution in [2.45, 2.75) is 31.4 Å². The predicted molar refractivity (Wildman–Crippen MR) is 124 cm³/mol. The van der Waals surface area contributed by atoms with Crippen molar-refractivity contribution in [2.24, 2.45) is 0 Å². The molecule has 0 radical (unpaired) electrons. The lowest BCUT2D eigenvalue weighted by Gasteiger charge is -2.26. The lowest BCUT2D eigenvalue weighted by molar-refractivity contribution is -0.159. The zero-order valence-electron chi connectivity index (χ0n) is 19.7. The van der Waals surface area contributed by atoms with Crippen molar-refractivity contribution in [1.82, 2.24) is 15.5 Å². The fraction of sp³-hybridized carbons (Fsp3) is 0.522. The highest BCUT2D eigenvalue weighted by Gasteiger charge is 2.28. The zero-order valence-corrected chi connectivity index (χ0v) is 19.7. The quantitative estimate of drug-likeness (QED) is 0.104. The summed E-state index contributed by atoms with van der Waals surface area (Å²) >= 11 is 0. The van der Waals surface area contributed by atoms with Gasteiger partial charge in [0, 0.05) is 32.6 Å². The molecule has 198 valence electrons. The highest BCUT2D eigenvalue weighted by atomic mass is 16.5. The predicted octanol–water partition coefficient (Wildman–Crippen LogP) is -1.01. The number of aliphatic carboxylic acids is 3. The van der Waals surface area contributed by atoms with Crippen molar-refractivity contribution < 1.29 is 48.8 Å². The molecule has 1 aliphatic heterocycles. The van der Waals surface area contributed by atoms with Gasteiger partial charge in [-0.05, 0) is 37.1 Å². The number of amides is 1. The van der Waals surface area contributed by atoms with Crippen LogP contribution in [0.4, 0.5) is 0 Å². The summed E-state index contributed by atoms with van der Waals surface area (Å²) in [5.74, 6) is -6.10. The minimum absolute atomic E-state index is 0.0168. The number of ether oxygens (including phenoxy) is 2. The van der Waals surface area contributed by atoms with Gasteiger partial charge in [0.05, 0.1) is 19.3 Å². The molecule has 1 atom stereocenters. The maximum absolute atomic E-state index is 12.8. The number of carbonyl (C=O) groups excluding carboxylic acids is 2. The topological polar surface area (TPSA) is 192 Å². The zero-order chi connectivity index (χ0) is 26.5. The van der Waals surface area contributed by atoms with E-state index in [2.05, 4.69) is 15.5 Å². The maximum Gasteiger partial charge on any atom is 0.372 e. The van der Waals surface area contributed by atoms with E-state index in [1.807, 2.05) is 0 Å². The van der Waals surface area contributed by atoms with E-state index in [1.165, 1.54) is 12.1 Å². The van der Waals surface area contributed by atoms with Crippen molar-refractivity contribution >= 4 is 29.6 Å². The molecule has 1 fully saturated rings. The second-order valence-electron chi connectivity index (χ2n) is 8.11. The summed E-state index contributed by atoms with van der Waals surface area (Å²) in [5.41, 5.74) is 0.648. The first kappa shape index (κ1) is 28.7. The van der Waals surface area contributed by atoms with Crippen LogP contribution in [0.1, 0.15) is 18.4 Å². The van der Waals surface area contributed by atoms with Crippen LogP contribution in [-0.2, 0) is 35.1 Å². The largest absolute Gasteiger partial charge is 0.478 e. The smallest absolute Gasteiger partial charge is 0.372 e. The van der Waals surface area contributed by atoms with Crippen LogP contribution < -0.4 is 15.4 Å². The SMILES string of the molecule is O=C(O)C(=O)CCNC(Cc1ccc(OC(C(=O)O)C(=O)O)cc1)C(=O)NCCCN1CCOCC1. The summed E-state index contributed by atoms with van der Waals surface area (Å²) < 4.78 is 10.3. The number of nitrogens with one attached hydrogen (secondary N) is 2. The van der Waals surface area contributed by atoms with Gasteiger partial charge in [-0.2, -0.15) is 0 Å². The van der Waals surface area contributed by atoms with Gasteiger partial charge in [-0.15, -0.1) is 0 Å². The Morgan fingerprint density at radius 1 is 0.972 bits per heavy atom. The molecule has 1 aliphatic rings. The Bertz CT molecular complexity index is 901. The highest BCUT2D eigenvalue weighted by Crippen LogP contribution is 2.16. The second kappa shape index (κ2) is 14.8. The molecule has 1 unspecified atom stereocenters. The van der Waals surface area contributed by atoms with Gasteiger partial charge in [0.2, 0.25) is 11.7 Å². The first-order valence-electron chi connectivity index (χ1n) is 11.5. The summed E-state index contributed by atoms with van der Waals surface area (Å²) in [6.07, 6.45) is -1.43. The molecule has 0 saturated carbocycles. The average Bonchev–Trinajstić information content (AvgIpc) is 2.85.